The summed E-state index contributed by atoms with van der Waals surface area (Å²) in [6.07, 6.45) is 5.89. The summed E-state index contributed by atoms with van der Waals surface area (Å²) in [6.45, 7) is 6.60. The van der Waals surface area contributed by atoms with Crippen LogP contribution in [0.5, 0.6) is 0 Å². The standard InChI is InChI=1S/C13H25NOS4/c1-13(2,3)8-11(7-6-10-4-5-10)12(15)14-9-19(17)18-16/h10-11,16H,4-9H2,1-3H3,(H,14,15). The number of hydrogen-bond donors (Lipinski definition) is 2. The van der Waals surface area contributed by atoms with E-state index in [1.807, 2.05) is 0 Å². The molecule has 1 amide bonds. The first-order chi connectivity index (χ1) is 8.81. The molecular formula is C13H25NOS4. The minimum atomic E-state index is -0.305. The van der Waals surface area contributed by atoms with Gasteiger partial charge in [-0.05, 0) is 60.1 Å². The number of carbonyl (C=O) groups is 1. The van der Waals surface area contributed by atoms with Gasteiger partial charge in [0.05, 0.1) is 5.88 Å². The maximum absolute atomic E-state index is 12.3. The molecule has 2 nitrogen and oxygen atoms in total. The van der Waals surface area contributed by atoms with E-state index in [1.54, 1.807) is 0 Å². The molecule has 2 atom stereocenters. The van der Waals surface area contributed by atoms with E-state index in [4.69, 9.17) is 11.2 Å². The molecule has 0 aromatic carbocycles. The Labute approximate surface area is 133 Å². The van der Waals surface area contributed by atoms with Crippen LogP contribution in [-0.2, 0) is 24.5 Å². The molecule has 0 heterocycles. The molecule has 0 aliphatic heterocycles. The Morgan fingerprint density at radius 3 is 2.63 bits per heavy atom. The van der Waals surface area contributed by atoms with Crippen molar-refractivity contribution in [3.8, 4) is 0 Å². The Hall–Kier alpha value is 0.740. The van der Waals surface area contributed by atoms with Gasteiger partial charge in [0, 0.05) is 5.92 Å². The molecule has 1 saturated carbocycles. The fourth-order valence-electron chi connectivity index (χ4n) is 2.21. The summed E-state index contributed by atoms with van der Waals surface area (Å²) in [5.41, 5.74) is 0.194. The molecule has 1 rings (SSSR count). The van der Waals surface area contributed by atoms with Crippen LogP contribution in [0.25, 0.3) is 0 Å². The molecule has 1 aliphatic carbocycles. The number of nitrogens with one attached hydrogen (secondary N) is 1. The molecule has 6 heteroatoms. The maximum Gasteiger partial charge on any atom is 0.223 e. The lowest BCUT2D eigenvalue weighted by atomic mass is 9.82. The SMILES string of the molecule is CC(C)(C)CC(CCC1CC1)C(=O)NCS(=S)SS. The van der Waals surface area contributed by atoms with Gasteiger partial charge in [-0.25, -0.2) is 0 Å². The van der Waals surface area contributed by atoms with Crippen LogP contribution >= 0.6 is 21.5 Å². The highest BCUT2D eigenvalue weighted by atomic mass is 33.6. The zero-order valence-electron chi connectivity index (χ0n) is 12.0. The number of amides is 1. The fraction of sp³-hybridized carbons (Fsp3) is 0.923. The van der Waals surface area contributed by atoms with Gasteiger partial charge in [-0.3, -0.25) is 4.79 Å². The van der Waals surface area contributed by atoms with E-state index in [2.05, 4.69) is 37.7 Å². The van der Waals surface area contributed by atoms with E-state index in [1.165, 1.54) is 29.1 Å². The van der Waals surface area contributed by atoms with Gasteiger partial charge in [-0.2, -0.15) is 0 Å². The highest BCUT2D eigenvalue weighted by Gasteiger charge is 2.28. The van der Waals surface area contributed by atoms with E-state index in [-0.39, 0.29) is 25.7 Å². The lowest BCUT2D eigenvalue weighted by molar-refractivity contribution is -0.125. The van der Waals surface area contributed by atoms with Crippen LogP contribution in [0.3, 0.4) is 0 Å². The Morgan fingerprint density at radius 2 is 2.16 bits per heavy atom. The third kappa shape index (κ3) is 8.58. The summed E-state index contributed by atoms with van der Waals surface area (Å²) in [7, 11) is 1.04. The van der Waals surface area contributed by atoms with E-state index >= 15 is 0 Å². The van der Waals surface area contributed by atoms with Crippen molar-refractivity contribution < 1.29 is 4.79 Å². The lowest BCUT2D eigenvalue weighted by Crippen LogP contribution is -2.34. The second-order valence-corrected chi connectivity index (χ2v) is 12.4. The highest BCUT2D eigenvalue weighted by molar-refractivity contribution is 9.07. The zero-order valence-corrected chi connectivity index (χ0v) is 15.3. The van der Waals surface area contributed by atoms with Crippen molar-refractivity contribution in [2.45, 2.75) is 52.9 Å². The van der Waals surface area contributed by atoms with Gasteiger partial charge in [0.2, 0.25) is 5.91 Å². The first kappa shape index (κ1) is 17.8. The van der Waals surface area contributed by atoms with Crippen molar-refractivity contribution in [2.75, 3.05) is 5.88 Å². The Morgan fingerprint density at radius 1 is 1.53 bits per heavy atom. The van der Waals surface area contributed by atoms with Gasteiger partial charge in [-0.1, -0.05) is 45.3 Å². The van der Waals surface area contributed by atoms with Gasteiger partial charge < -0.3 is 5.32 Å². The zero-order chi connectivity index (χ0) is 14.5. The molecule has 1 aliphatic rings. The van der Waals surface area contributed by atoms with Crippen LogP contribution in [-0.4, -0.2) is 11.8 Å². The smallest absolute Gasteiger partial charge is 0.223 e. The van der Waals surface area contributed by atoms with Crippen LogP contribution in [0.15, 0.2) is 0 Å². The van der Waals surface area contributed by atoms with Gasteiger partial charge in [0.15, 0.2) is 0 Å². The molecule has 0 radical (unpaired) electrons. The molecule has 0 saturated heterocycles. The summed E-state index contributed by atoms with van der Waals surface area (Å²) in [4.78, 5) is 12.3. The van der Waals surface area contributed by atoms with Crippen molar-refractivity contribution >= 4 is 47.1 Å². The summed E-state index contributed by atoms with van der Waals surface area (Å²) in [6, 6.07) is 0. The highest BCUT2D eigenvalue weighted by Crippen LogP contribution is 2.36. The third-order valence-electron chi connectivity index (χ3n) is 3.30. The predicted octanol–water partition coefficient (Wildman–Crippen LogP) is 3.88. The van der Waals surface area contributed by atoms with Crippen molar-refractivity contribution in [1.29, 1.82) is 0 Å². The molecule has 0 aromatic heterocycles. The molecule has 1 N–H and O–H groups in total. The van der Waals surface area contributed by atoms with E-state index in [9.17, 15) is 4.79 Å². The quantitative estimate of drug-likeness (QED) is 0.519. The molecule has 1 fully saturated rings. The maximum atomic E-state index is 12.3. The molecule has 112 valence electrons. The van der Waals surface area contributed by atoms with Crippen molar-refractivity contribution in [2.24, 2.45) is 17.3 Å². The van der Waals surface area contributed by atoms with Crippen LogP contribution in [0.4, 0.5) is 0 Å². The van der Waals surface area contributed by atoms with Crippen molar-refractivity contribution in [3.63, 3.8) is 0 Å². The summed E-state index contributed by atoms with van der Waals surface area (Å²) in [5, 5.41) is 3.00. The second-order valence-electron chi connectivity index (χ2n) is 6.55. The van der Waals surface area contributed by atoms with E-state index in [0.29, 0.717) is 5.88 Å². The minimum absolute atomic E-state index is 0.137. The van der Waals surface area contributed by atoms with Crippen LogP contribution in [0.1, 0.15) is 52.9 Å². The van der Waals surface area contributed by atoms with Gasteiger partial charge in [-0.15, -0.1) is 0 Å². The summed E-state index contributed by atoms with van der Waals surface area (Å²) < 4.78 is 0. The fourth-order valence-corrected chi connectivity index (χ4v) is 3.51. The van der Waals surface area contributed by atoms with Crippen LogP contribution in [0.2, 0.25) is 0 Å². The lowest BCUT2D eigenvalue weighted by Gasteiger charge is -2.25. The van der Waals surface area contributed by atoms with Gasteiger partial charge in [0.25, 0.3) is 0 Å². The number of hydrogen-bond acceptors (Lipinski definition) is 4. The second kappa shape index (κ2) is 8.25. The molecule has 19 heavy (non-hydrogen) atoms. The normalized spacial score (nSPS) is 18.9. The number of thiol groups is 1. The van der Waals surface area contributed by atoms with Gasteiger partial charge in [0.1, 0.15) is 0 Å². The van der Waals surface area contributed by atoms with Crippen molar-refractivity contribution in [1.82, 2.24) is 5.32 Å². The van der Waals surface area contributed by atoms with Gasteiger partial charge >= 0.3 is 0 Å². The van der Waals surface area contributed by atoms with E-state index in [0.717, 1.165) is 18.8 Å². The predicted molar refractivity (Wildman–Crippen MR) is 93.8 cm³/mol. The summed E-state index contributed by atoms with van der Waals surface area (Å²) in [5.74, 6) is 1.77. The van der Waals surface area contributed by atoms with Crippen LogP contribution in [0, 0.1) is 17.3 Å². The van der Waals surface area contributed by atoms with Crippen molar-refractivity contribution in [3.05, 3.63) is 0 Å². The Bertz CT molecular complexity index is 323. The first-order valence-electron chi connectivity index (χ1n) is 6.80. The average molecular weight is 340 g/mol. The molecular weight excluding hydrogens is 314 g/mol. The average Bonchev–Trinajstić information content (AvgIpc) is 3.13. The molecule has 0 bridgehead atoms. The minimum Gasteiger partial charge on any atom is -0.346 e. The number of carbonyl (C=O) groups excluding carboxylic acids is 1. The van der Waals surface area contributed by atoms with Crippen LogP contribution < -0.4 is 5.32 Å². The largest absolute Gasteiger partial charge is 0.346 e. The Balaban J connectivity index is 2.44. The topological polar surface area (TPSA) is 29.1 Å². The van der Waals surface area contributed by atoms with E-state index < -0.39 is 0 Å². The molecule has 0 aromatic rings. The molecule has 0 spiro atoms. The molecule has 2 unspecified atom stereocenters. The first-order valence-corrected chi connectivity index (χ1v) is 11.5. The monoisotopic (exact) mass is 339 g/mol. The third-order valence-corrected chi connectivity index (χ3v) is 8.19. The Kier molecular flexibility index (Phi) is 7.72. The summed E-state index contributed by atoms with van der Waals surface area (Å²) >= 11 is 9.26. The number of rotatable bonds is 8.